The normalized spacial score (nSPS) is 15.1. The first-order chi connectivity index (χ1) is 24.9. The number of carbonyl (C=O) groups is 5. The zero-order valence-corrected chi connectivity index (χ0v) is 30.1. The highest BCUT2D eigenvalue weighted by molar-refractivity contribution is 5.92. The molecule has 3 atom stereocenters. The average molecular weight is 729 g/mol. The summed E-state index contributed by atoms with van der Waals surface area (Å²) in [6.45, 7) is 8.79. The number of carbonyl (C=O) groups excluding carboxylic acids is 3. The number of fused-ring (bicyclic) bond motifs is 1. The van der Waals surface area contributed by atoms with Crippen LogP contribution in [0.1, 0.15) is 68.0 Å². The molecule has 0 spiro atoms. The van der Waals surface area contributed by atoms with Crippen LogP contribution in [0.2, 0.25) is 0 Å². The van der Waals surface area contributed by atoms with Gasteiger partial charge in [-0.25, -0.2) is 9.59 Å². The number of nitro groups is 1. The maximum Gasteiger partial charge on any atom is 0.326 e. The van der Waals surface area contributed by atoms with Crippen molar-refractivity contribution < 1.29 is 39.1 Å². The number of amides is 3. The Hall–Kier alpha value is -6.25. The van der Waals surface area contributed by atoms with Crippen LogP contribution in [0.15, 0.2) is 78.8 Å². The Balaban J connectivity index is 1.53. The molecule has 6 N–H and O–H groups in total. The lowest BCUT2D eigenvalue weighted by Gasteiger charge is -2.25. The van der Waals surface area contributed by atoms with E-state index in [-0.39, 0.29) is 37.0 Å². The van der Waals surface area contributed by atoms with E-state index in [0.29, 0.717) is 33.6 Å². The summed E-state index contributed by atoms with van der Waals surface area (Å²) < 4.78 is 0. The van der Waals surface area contributed by atoms with Crippen LogP contribution in [-0.4, -0.2) is 61.8 Å². The van der Waals surface area contributed by atoms with Crippen molar-refractivity contribution in [2.24, 2.45) is 5.41 Å². The molecule has 3 aromatic rings. The van der Waals surface area contributed by atoms with Crippen molar-refractivity contribution in [3.8, 4) is 0 Å². The minimum Gasteiger partial charge on any atom is -0.480 e. The average Bonchev–Trinajstić information content (AvgIpc) is 3.44. The van der Waals surface area contributed by atoms with E-state index >= 15 is 0 Å². The van der Waals surface area contributed by atoms with Crippen molar-refractivity contribution in [2.45, 2.75) is 78.6 Å². The van der Waals surface area contributed by atoms with E-state index in [1.807, 2.05) is 39.8 Å². The number of aryl methyl sites for hydroxylation is 1. The lowest BCUT2D eigenvalue weighted by Crippen LogP contribution is -2.47. The SMILES string of the molecule is CC(=O)N1Cc2cc(N/C(=C\[N+](=O)[O-])Nc3ccc(C)cc3)ccc2C1C(=O)NC(Cc1ccccc1CC(NC(=O)CC(C)(C)C)C(=O)O)C(=O)O. The molecule has 3 aromatic carbocycles. The van der Waals surface area contributed by atoms with Gasteiger partial charge in [-0.2, -0.15) is 0 Å². The maximum atomic E-state index is 13.8. The molecule has 4 rings (SSSR count). The standard InChI is InChI=1S/C38H44N6O9/c1-22-10-12-27(13-11-22)39-32(21-44(52)53)40-28-14-15-29-26(16-28)20-43(23(2)45)34(29)35(47)42-31(37(50)51)18-25-9-7-6-8-24(25)17-30(36(48)49)41-33(46)19-38(3,4)5/h6-16,21,30-31,34,39-40H,17-20H2,1-5H3,(H,41,46)(H,42,47)(H,48,49)(H,50,51)/b32-21-. The van der Waals surface area contributed by atoms with Crippen LogP contribution in [0.25, 0.3) is 0 Å². The lowest BCUT2D eigenvalue weighted by atomic mass is 9.91. The summed E-state index contributed by atoms with van der Waals surface area (Å²) in [5.74, 6) is -4.13. The van der Waals surface area contributed by atoms with Crippen molar-refractivity contribution in [1.82, 2.24) is 15.5 Å². The predicted molar refractivity (Wildman–Crippen MR) is 196 cm³/mol. The van der Waals surface area contributed by atoms with Crippen LogP contribution in [0.4, 0.5) is 11.4 Å². The number of benzene rings is 3. The van der Waals surface area contributed by atoms with Crippen molar-refractivity contribution in [3.05, 3.63) is 117 Å². The second-order valence-electron chi connectivity index (χ2n) is 14.2. The first-order valence-electron chi connectivity index (χ1n) is 16.9. The van der Waals surface area contributed by atoms with Crippen LogP contribution < -0.4 is 21.3 Å². The summed E-state index contributed by atoms with van der Waals surface area (Å²) in [7, 11) is 0. The minimum absolute atomic E-state index is 0.0238. The predicted octanol–water partition coefficient (Wildman–Crippen LogP) is 4.36. The largest absolute Gasteiger partial charge is 0.480 e. The van der Waals surface area contributed by atoms with Gasteiger partial charge in [-0.05, 0) is 58.9 Å². The molecule has 1 heterocycles. The molecule has 1 aliphatic rings. The van der Waals surface area contributed by atoms with Crippen molar-refractivity contribution in [1.29, 1.82) is 0 Å². The molecular weight excluding hydrogens is 684 g/mol. The van der Waals surface area contributed by atoms with Gasteiger partial charge < -0.3 is 36.4 Å². The highest BCUT2D eigenvalue weighted by Crippen LogP contribution is 2.36. The molecule has 53 heavy (non-hydrogen) atoms. The van der Waals surface area contributed by atoms with E-state index in [1.54, 1.807) is 54.6 Å². The molecule has 0 aliphatic carbocycles. The summed E-state index contributed by atoms with van der Waals surface area (Å²) in [5, 5.41) is 42.5. The van der Waals surface area contributed by atoms with Gasteiger partial charge in [-0.1, -0.05) is 68.8 Å². The number of aliphatic carboxylic acids is 2. The molecule has 15 heteroatoms. The molecule has 280 valence electrons. The molecule has 0 fully saturated rings. The zero-order chi connectivity index (χ0) is 39.0. The fraction of sp³-hybridized carbons (Fsp3) is 0.342. The lowest BCUT2D eigenvalue weighted by molar-refractivity contribution is -0.403. The van der Waals surface area contributed by atoms with Gasteiger partial charge in [0.05, 0.1) is 4.92 Å². The Bertz CT molecular complexity index is 1920. The third-order valence-electron chi connectivity index (χ3n) is 8.49. The number of carboxylic acids is 2. The highest BCUT2D eigenvalue weighted by Gasteiger charge is 2.39. The van der Waals surface area contributed by atoms with Gasteiger partial charge in [0.2, 0.25) is 17.7 Å². The first kappa shape index (κ1) is 39.5. The smallest absolute Gasteiger partial charge is 0.326 e. The number of hydrogen-bond acceptors (Lipinski definition) is 9. The summed E-state index contributed by atoms with van der Waals surface area (Å²) in [4.78, 5) is 75.8. The third-order valence-corrected chi connectivity index (χ3v) is 8.49. The molecule has 0 radical (unpaired) electrons. The summed E-state index contributed by atoms with van der Waals surface area (Å²) in [6, 6.07) is 14.8. The summed E-state index contributed by atoms with van der Waals surface area (Å²) >= 11 is 0. The Morgan fingerprint density at radius 2 is 1.43 bits per heavy atom. The Morgan fingerprint density at radius 1 is 0.887 bits per heavy atom. The molecule has 0 aromatic heterocycles. The molecule has 3 amide bonds. The van der Waals surface area contributed by atoms with E-state index in [9.17, 15) is 44.3 Å². The van der Waals surface area contributed by atoms with E-state index < -0.39 is 52.7 Å². The van der Waals surface area contributed by atoms with Crippen molar-refractivity contribution in [2.75, 3.05) is 10.6 Å². The molecule has 15 nitrogen and oxygen atoms in total. The van der Waals surface area contributed by atoms with Gasteiger partial charge in [-0.3, -0.25) is 24.5 Å². The number of nitrogens with one attached hydrogen (secondary N) is 4. The number of anilines is 2. The molecule has 0 saturated carbocycles. The van der Waals surface area contributed by atoms with Gasteiger partial charge >= 0.3 is 11.9 Å². The van der Waals surface area contributed by atoms with E-state index in [2.05, 4.69) is 21.3 Å². The van der Waals surface area contributed by atoms with Gasteiger partial charge in [-0.15, -0.1) is 0 Å². The zero-order valence-electron chi connectivity index (χ0n) is 30.1. The van der Waals surface area contributed by atoms with Crippen LogP contribution in [-0.2, 0) is 43.4 Å². The van der Waals surface area contributed by atoms with Crippen LogP contribution >= 0.6 is 0 Å². The fourth-order valence-corrected chi connectivity index (χ4v) is 6.03. The molecular formula is C38H44N6O9. The third kappa shape index (κ3) is 11.1. The van der Waals surface area contributed by atoms with Gasteiger partial charge in [0.1, 0.15) is 18.1 Å². The number of carboxylic acid groups (broad SMARTS) is 2. The molecule has 3 unspecified atom stereocenters. The monoisotopic (exact) mass is 728 g/mol. The van der Waals surface area contributed by atoms with Gasteiger partial charge in [0.25, 0.3) is 6.20 Å². The molecule has 0 saturated heterocycles. The number of nitrogens with zero attached hydrogens (tertiary/aromatic N) is 2. The second-order valence-corrected chi connectivity index (χ2v) is 14.2. The quantitative estimate of drug-likeness (QED) is 0.0954. The summed E-state index contributed by atoms with van der Waals surface area (Å²) in [6.07, 6.45) is 0.559. The van der Waals surface area contributed by atoms with Crippen LogP contribution in [0.3, 0.4) is 0 Å². The minimum atomic E-state index is -1.45. The van der Waals surface area contributed by atoms with Crippen LogP contribution in [0, 0.1) is 22.5 Å². The Morgan fingerprint density at radius 3 is 1.96 bits per heavy atom. The highest BCUT2D eigenvalue weighted by atomic mass is 16.6. The Kier molecular flexibility index (Phi) is 12.6. The van der Waals surface area contributed by atoms with Gasteiger partial charge in [0, 0.05) is 44.1 Å². The fourth-order valence-electron chi connectivity index (χ4n) is 6.03. The summed E-state index contributed by atoms with van der Waals surface area (Å²) in [5.41, 5.74) is 3.66. The molecule has 0 bridgehead atoms. The maximum absolute atomic E-state index is 13.8. The number of hydrogen-bond donors (Lipinski definition) is 6. The van der Waals surface area contributed by atoms with E-state index in [4.69, 9.17) is 0 Å². The van der Waals surface area contributed by atoms with Crippen molar-refractivity contribution >= 4 is 41.0 Å². The number of rotatable bonds is 15. The topological polar surface area (TPSA) is 220 Å². The first-order valence-corrected chi connectivity index (χ1v) is 16.9. The Labute approximate surface area is 306 Å². The second kappa shape index (κ2) is 16.8. The van der Waals surface area contributed by atoms with E-state index in [0.717, 1.165) is 11.8 Å². The van der Waals surface area contributed by atoms with Gasteiger partial charge in [0.15, 0.2) is 5.82 Å². The van der Waals surface area contributed by atoms with E-state index in [1.165, 1.54) is 11.8 Å². The molecule has 1 aliphatic heterocycles. The van der Waals surface area contributed by atoms with Crippen molar-refractivity contribution in [3.63, 3.8) is 0 Å². The van der Waals surface area contributed by atoms with Crippen LogP contribution in [0.5, 0.6) is 0 Å².